The van der Waals surface area contributed by atoms with E-state index in [0.717, 1.165) is 23.5 Å². The highest BCUT2D eigenvalue weighted by Gasteiger charge is 2.13. The van der Waals surface area contributed by atoms with Crippen molar-refractivity contribution in [2.75, 3.05) is 19.1 Å². The minimum absolute atomic E-state index is 0.530. The first-order valence-electron chi connectivity index (χ1n) is 5.63. The standard InChI is InChI=1S/C11H16N4OS2/c1-7(5-18-3)4-15-9-8(14-11(15)17)10(16-2)13-6-12-9/h6-7H,4-5H2,1-3H3,(H,14,17). The fraction of sp³-hybridized carbons (Fsp3) is 0.545. The van der Waals surface area contributed by atoms with E-state index < -0.39 is 0 Å². The molecule has 1 unspecified atom stereocenters. The van der Waals surface area contributed by atoms with Crippen molar-refractivity contribution in [3.8, 4) is 5.88 Å². The highest BCUT2D eigenvalue weighted by atomic mass is 32.2. The van der Waals surface area contributed by atoms with Crippen molar-refractivity contribution in [1.82, 2.24) is 19.5 Å². The Morgan fingerprint density at radius 1 is 1.56 bits per heavy atom. The fourth-order valence-corrected chi connectivity index (χ4v) is 2.86. The zero-order chi connectivity index (χ0) is 13.1. The van der Waals surface area contributed by atoms with Gasteiger partial charge in [-0.15, -0.1) is 0 Å². The van der Waals surface area contributed by atoms with Gasteiger partial charge in [-0.25, -0.2) is 4.98 Å². The third-order valence-electron chi connectivity index (χ3n) is 2.66. The second kappa shape index (κ2) is 5.71. The monoisotopic (exact) mass is 284 g/mol. The topological polar surface area (TPSA) is 55.7 Å². The molecule has 0 bridgehead atoms. The number of aromatic amines is 1. The van der Waals surface area contributed by atoms with Crippen molar-refractivity contribution >= 4 is 35.1 Å². The van der Waals surface area contributed by atoms with E-state index in [1.54, 1.807) is 7.11 Å². The molecule has 0 aliphatic carbocycles. The van der Waals surface area contributed by atoms with E-state index in [1.165, 1.54) is 6.33 Å². The first-order chi connectivity index (χ1) is 8.67. The molecule has 0 aromatic carbocycles. The number of aromatic nitrogens is 4. The lowest BCUT2D eigenvalue weighted by Crippen LogP contribution is -2.10. The summed E-state index contributed by atoms with van der Waals surface area (Å²) in [5.41, 5.74) is 1.57. The first-order valence-corrected chi connectivity index (χ1v) is 7.44. The Kier molecular flexibility index (Phi) is 4.23. The Balaban J connectivity index is 2.45. The average molecular weight is 284 g/mol. The number of nitrogens with one attached hydrogen (secondary N) is 1. The van der Waals surface area contributed by atoms with Gasteiger partial charge in [-0.05, 0) is 30.1 Å². The lowest BCUT2D eigenvalue weighted by Gasteiger charge is -2.10. The van der Waals surface area contributed by atoms with Crippen molar-refractivity contribution in [1.29, 1.82) is 0 Å². The van der Waals surface area contributed by atoms with E-state index in [2.05, 4.69) is 28.1 Å². The van der Waals surface area contributed by atoms with Crippen LogP contribution in [0.5, 0.6) is 5.88 Å². The maximum Gasteiger partial charge on any atom is 0.242 e. The van der Waals surface area contributed by atoms with Crippen LogP contribution in [-0.4, -0.2) is 38.6 Å². The van der Waals surface area contributed by atoms with E-state index in [0.29, 0.717) is 16.6 Å². The number of imidazole rings is 1. The number of hydrogen-bond acceptors (Lipinski definition) is 5. The predicted molar refractivity (Wildman–Crippen MR) is 76.8 cm³/mol. The quantitative estimate of drug-likeness (QED) is 0.855. The summed E-state index contributed by atoms with van der Waals surface area (Å²) in [6, 6.07) is 0. The Labute approximate surface area is 115 Å². The maximum absolute atomic E-state index is 5.34. The molecule has 0 radical (unpaired) electrons. The maximum atomic E-state index is 5.34. The minimum Gasteiger partial charge on any atom is -0.479 e. The average Bonchev–Trinajstić information content (AvgIpc) is 2.66. The number of thioether (sulfide) groups is 1. The number of ether oxygens (including phenoxy) is 1. The lowest BCUT2D eigenvalue weighted by atomic mass is 10.2. The molecule has 0 aliphatic heterocycles. The van der Waals surface area contributed by atoms with Gasteiger partial charge in [-0.2, -0.15) is 16.7 Å². The molecule has 1 atom stereocenters. The molecule has 2 aromatic heterocycles. The molecule has 0 aliphatic rings. The molecule has 5 nitrogen and oxygen atoms in total. The predicted octanol–water partition coefficient (Wildman–Crippen LogP) is 2.50. The summed E-state index contributed by atoms with van der Waals surface area (Å²) in [6.45, 7) is 3.05. The molecule has 0 amide bonds. The van der Waals surface area contributed by atoms with Crippen LogP contribution in [0.2, 0.25) is 0 Å². The summed E-state index contributed by atoms with van der Waals surface area (Å²) >= 11 is 7.18. The normalized spacial score (nSPS) is 12.8. The second-order valence-electron chi connectivity index (χ2n) is 4.18. The van der Waals surface area contributed by atoms with Gasteiger partial charge in [-0.3, -0.25) is 0 Å². The van der Waals surface area contributed by atoms with Crippen LogP contribution in [0.25, 0.3) is 11.2 Å². The number of fused-ring (bicyclic) bond motifs is 1. The number of hydrogen-bond donors (Lipinski definition) is 1. The molecule has 7 heteroatoms. The molecule has 1 N–H and O–H groups in total. The second-order valence-corrected chi connectivity index (χ2v) is 5.48. The molecule has 0 saturated carbocycles. The third-order valence-corrected chi connectivity index (χ3v) is 3.89. The van der Waals surface area contributed by atoms with Crippen molar-refractivity contribution in [2.45, 2.75) is 13.5 Å². The number of H-pyrrole nitrogens is 1. The Bertz CT molecular complexity index is 592. The van der Waals surface area contributed by atoms with Crippen molar-refractivity contribution in [3.05, 3.63) is 11.1 Å². The van der Waals surface area contributed by atoms with Crippen LogP contribution in [-0.2, 0) is 6.54 Å². The summed E-state index contributed by atoms with van der Waals surface area (Å²) < 4.78 is 7.88. The van der Waals surface area contributed by atoms with Crippen LogP contribution in [0.3, 0.4) is 0 Å². The molecule has 2 aromatic rings. The molecule has 2 heterocycles. The Hall–Kier alpha value is -1.08. The largest absolute Gasteiger partial charge is 0.479 e. The van der Waals surface area contributed by atoms with Crippen molar-refractivity contribution in [2.24, 2.45) is 5.92 Å². The SMILES string of the molecule is COc1ncnc2c1[nH]c(=S)n2CC(C)CSC. The van der Waals surface area contributed by atoms with Crippen molar-refractivity contribution in [3.63, 3.8) is 0 Å². The first kappa shape index (κ1) is 13.4. The highest BCUT2D eigenvalue weighted by molar-refractivity contribution is 7.98. The van der Waals surface area contributed by atoms with Crippen LogP contribution in [0.4, 0.5) is 0 Å². The van der Waals surface area contributed by atoms with Gasteiger partial charge in [0.25, 0.3) is 0 Å². The summed E-state index contributed by atoms with van der Waals surface area (Å²) in [6.07, 6.45) is 3.61. The van der Waals surface area contributed by atoms with E-state index in [4.69, 9.17) is 17.0 Å². The molecule has 0 spiro atoms. The summed E-state index contributed by atoms with van der Waals surface area (Å²) in [4.78, 5) is 11.5. The van der Waals surface area contributed by atoms with Gasteiger partial charge in [0.05, 0.1) is 7.11 Å². The third kappa shape index (κ3) is 2.51. The van der Waals surface area contributed by atoms with Gasteiger partial charge >= 0.3 is 0 Å². The van der Waals surface area contributed by atoms with Crippen molar-refractivity contribution < 1.29 is 4.74 Å². The lowest BCUT2D eigenvalue weighted by molar-refractivity contribution is 0.401. The van der Waals surface area contributed by atoms with Gasteiger partial charge in [0.2, 0.25) is 5.88 Å². The van der Waals surface area contributed by atoms with Crippen LogP contribution < -0.4 is 4.74 Å². The Morgan fingerprint density at radius 3 is 3.00 bits per heavy atom. The molecule has 0 saturated heterocycles. The number of methoxy groups -OCH3 is 1. The summed E-state index contributed by atoms with van der Waals surface area (Å²) in [7, 11) is 1.59. The van der Waals surface area contributed by atoms with Gasteiger partial charge in [0, 0.05) is 6.54 Å². The zero-order valence-electron chi connectivity index (χ0n) is 10.6. The van der Waals surface area contributed by atoms with Gasteiger partial charge in [-0.1, -0.05) is 6.92 Å². The molecule has 2 rings (SSSR count). The van der Waals surface area contributed by atoms with E-state index in [9.17, 15) is 0 Å². The van der Waals surface area contributed by atoms with Gasteiger partial charge in [0.15, 0.2) is 10.4 Å². The Morgan fingerprint density at radius 2 is 2.33 bits per heavy atom. The van der Waals surface area contributed by atoms with Crippen LogP contribution in [0, 0.1) is 10.7 Å². The smallest absolute Gasteiger partial charge is 0.242 e. The highest BCUT2D eigenvalue weighted by Crippen LogP contribution is 2.21. The van der Waals surface area contributed by atoms with Crippen LogP contribution >= 0.6 is 24.0 Å². The van der Waals surface area contributed by atoms with Gasteiger partial charge in [0.1, 0.15) is 11.8 Å². The summed E-state index contributed by atoms with van der Waals surface area (Å²) in [5, 5.41) is 0. The fourth-order valence-electron chi connectivity index (χ4n) is 1.92. The molecule has 98 valence electrons. The van der Waals surface area contributed by atoms with E-state index in [1.807, 2.05) is 16.3 Å². The number of nitrogens with zero attached hydrogens (tertiary/aromatic N) is 3. The molecular weight excluding hydrogens is 268 g/mol. The molecule has 18 heavy (non-hydrogen) atoms. The van der Waals surface area contributed by atoms with Crippen LogP contribution in [0.15, 0.2) is 6.33 Å². The minimum atomic E-state index is 0.530. The molecular formula is C11H16N4OS2. The molecule has 0 fully saturated rings. The number of rotatable bonds is 5. The van der Waals surface area contributed by atoms with Crippen LogP contribution in [0.1, 0.15) is 6.92 Å². The van der Waals surface area contributed by atoms with Gasteiger partial charge < -0.3 is 14.3 Å². The zero-order valence-corrected chi connectivity index (χ0v) is 12.3. The van der Waals surface area contributed by atoms with E-state index >= 15 is 0 Å². The van der Waals surface area contributed by atoms with E-state index in [-0.39, 0.29) is 0 Å². The summed E-state index contributed by atoms with van der Waals surface area (Å²) in [5.74, 6) is 2.16.